The molecule has 0 saturated carbocycles. The Morgan fingerprint density at radius 2 is 2.15 bits per heavy atom. The van der Waals surface area contributed by atoms with Gasteiger partial charge in [0.15, 0.2) is 5.65 Å². The lowest BCUT2D eigenvalue weighted by Gasteiger charge is -2.07. The van der Waals surface area contributed by atoms with E-state index in [-0.39, 0.29) is 0 Å². The number of anilines is 1. The Morgan fingerprint density at radius 1 is 1.25 bits per heavy atom. The molecule has 0 amide bonds. The van der Waals surface area contributed by atoms with E-state index in [9.17, 15) is 0 Å². The minimum atomic E-state index is 0.573. The van der Waals surface area contributed by atoms with Gasteiger partial charge in [0, 0.05) is 13.1 Å². The molecule has 3 aromatic heterocycles. The third-order valence-electron chi connectivity index (χ3n) is 2.94. The van der Waals surface area contributed by atoms with Crippen LogP contribution in [0.1, 0.15) is 20.3 Å². The minimum absolute atomic E-state index is 0.573. The van der Waals surface area contributed by atoms with Gasteiger partial charge in [-0.15, -0.1) is 5.10 Å². The Hall–Kier alpha value is -2.51. The third-order valence-corrected chi connectivity index (χ3v) is 2.94. The number of H-pyrrole nitrogens is 1. The van der Waals surface area contributed by atoms with Crippen molar-refractivity contribution < 1.29 is 0 Å². The molecule has 0 aliphatic heterocycles. The average molecular weight is 272 g/mol. The fourth-order valence-corrected chi connectivity index (χ4v) is 2.09. The van der Waals surface area contributed by atoms with Crippen LogP contribution in [0.15, 0.2) is 12.4 Å². The average Bonchev–Trinajstić information content (AvgIpc) is 3.07. The van der Waals surface area contributed by atoms with Crippen LogP contribution in [0.2, 0.25) is 0 Å². The number of nitrogens with zero attached hydrogens (tertiary/aromatic N) is 6. The molecule has 0 spiro atoms. The van der Waals surface area contributed by atoms with Crippen LogP contribution in [-0.2, 0) is 6.54 Å². The van der Waals surface area contributed by atoms with E-state index in [4.69, 9.17) is 0 Å². The second kappa shape index (κ2) is 5.24. The molecule has 0 saturated heterocycles. The molecule has 20 heavy (non-hydrogen) atoms. The smallest absolute Gasteiger partial charge is 0.225 e. The molecule has 8 nitrogen and oxygen atoms in total. The van der Waals surface area contributed by atoms with Crippen molar-refractivity contribution in [3.05, 3.63) is 12.4 Å². The van der Waals surface area contributed by atoms with Gasteiger partial charge in [-0.05, 0) is 13.3 Å². The molecular formula is C12H16N8. The van der Waals surface area contributed by atoms with Gasteiger partial charge in [-0.3, -0.25) is 5.10 Å². The Morgan fingerprint density at radius 3 is 2.95 bits per heavy atom. The van der Waals surface area contributed by atoms with Gasteiger partial charge in [0.2, 0.25) is 5.95 Å². The van der Waals surface area contributed by atoms with Gasteiger partial charge >= 0.3 is 0 Å². The Labute approximate surface area is 115 Å². The molecule has 0 atom stereocenters. The molecule has 0 aliphatic carbocycles. The lowest BCUT2D eigenvalue weighted by atomic mass is 10.2. The van der Waals surface area contributed by atoms with Gasteiger partial charge in [0.25, 0.3) is 0 Å². The van der Waals surface area contributed by atoms with E-state index in [1.54, 1.807) is 12.4 Å². The zero-order chi connectivity index (χ0) is 13.9. The number of hydrogen-bond acceptors (Lipinski definition) is 6. The summed E-state index contributed by atoms with van der Waals surface area (Å²) in [5.41, 5.74) is 2.37. The van der Waals surface area contributed by atoms with E-state index in [1.807, 2.05) is 11.6 Å². The summed E-state index contributed by atoms with van der Waals surface area (Å²) in [6.07, 6.45) is 4.43. The summed E-state index contributed by atoms with van der Waals surface area (Å²) in [6.45, 7) is 5.66. The molecule has 2 N–H and O–H groups in total. The number of fused-ring (bicyclic) bond motifs is 1. The summed E-state index contributed by atoms with van der Waals surface area (Å²) in [5.74, 6) is 0.573. The first kappa shape index (κ1) is 12.5. The number of aryl methyl sites for hydroxylation is 1. The fraction of sp³-hybridized carbons (Fsp3) is 0.417. The molecule has 0 aromatic carbocycles. The number of hydrogen-bond donors (Lipinski definition) is 2. The number of aromatic amines is 1. The second-order valence-corrected chi connectivity index (χ2v) is 4.40. The topological polar surface area (TPSA) is 97.2 Å². The highest BCUT2D eigenvalue weighted by molar-refractivity contribution is 5.89. The van der Waals surface area contributed by atoms with Crippen LogP contribution in [0.5, 0.6) is 0 Å². The Balaban J connectivity index is 2.17. The molecule has 3 rings (SSSR count). The van der Waals surface area contributed by atoms with Crippen molar-refractivity contribution in [1.29, 1.82) is 0 Å². The summed E-state index contributed by atoms with van der Waals surface area (Å²) in [6, 6.07) is 0. The van der Waals surface area contributed by atoms with E-state index >= 15 is 0 Å². The standard InChI is InChI=1S/C12H16N8/c1-3-5-20-9(7-15-19-20)10-8-6-14-18-11(8)17-12(16-10)13-4-2/h6-7H,3-5H2,1-2H3,(H2,13,14,16,17,18). The Bertz CT molecular complexity index is 713. The highest BCUT2D eigenvalue weighted by Gasteiger charge is 2.15. The predicted molar refractivity (Wildman–Crippen MR) is 75.2 cm³/mol. The van der Waals surface area contributed by atoms with Crippen LogP contribution in [0, 0.1) is 0 Å². The molecule has 3 aromatic rings. The van der Waals surface area contributed by atoms with Crippen molar-refractivity contribution in [2.24, 2.45) is 0 Å². The largest absolute Gasteiger partial charge is 0.354 e. The molecular weight excluding hydrogens is 256 g/mol. The van der Waals surface area contributed by atoms with Crippen LogP contribution in [0.4, 0.5) is 5.95 Å². The zero-order valence-corrected chi connectivity index (χ0v) is 11.5. The monoisotopic (exact) mass is 272 g/mol. The van der Waals surface area contributed by atoms with E-state index in [1.165, 1.54) is 0 Å². The van der Waals surface area contributed by atoms with Gasteiger partial charge in [-0.2, -0.15) is 10.1 Å². The highest BCUT2D eigenvalue weighted by Crippen LogP contribution is 2.25. The molecule has 0 aliphatic rings. The summed E-state index contributed by atoms with van der Waals surface area (Å²) >= 11 is 0. The second-order valence-electron chi connectivity index (χ2n) is 4.40. The van der Waals surface area contributed by atoms with Crippen LogP contribution < -0.4 is 5.32 Å². The van der Waals surface area contributed by atoms with Crippen LogP contribution in [-0.4, -0.2) is 41.7 Å². The van der Waals surface area contributed by atoms with Crippen molar-refractivity contribution in [3.8, 4) is 11.4 Å². The minimum Gasteiger partial charge on any atom is -0.354 e. The lowest BCUT2D eigenvalue weighted by Crippen LogP contribution is -2.06. The van der Waals surface area contributed by atoms with Crippen molar-refractivity contribution in [1.82, 2.24) is 35.2 Å². The predicted octanol–water partition coefficient (Wildman–Crippen LogP) is 1.45. The van der Waals surface area contributed by atoms with E-state index < -0.39 is 0 Å². The first-order valence-corrected chi connectivity index (χ1v) is 6.67. The molecule has 0 unspecified atom stereocenters. The van der Waals surface area contributed by atoms with Crippen molar-refractivity contribution in [3.63, 3.8) is 0 Å². The van der Waals surface area contributed by atoms with Gasteiger partial charge in [-0.1, -0.05) is 12.1 Å². The molecule has 8 heteroatoms. The van der Waals surface area contributed by atoms with Crippen LogP contribution >= 0.6 is 0 Å². The van der Waals surface area contributed by atoms with Crippen molar-refractivity contribution in [2.75, 3.05) is 11.9 Å². The first-order chi connectivity index (χ1) is 9.83. The molecule has 0 bridgehead atoms. The normalized spacial score (nSPS) is 11.1. The fourth-order valence-electron chi connectivity index (χ4n) is 2.09. The van der Waals surface area contributed by atoms with E-state index in [0.717, 1.165) is 36.3 Å². The molecule has 0 radical (unpaired) electrons. The zero-order valence-electron chi connectivity index (χ0n) is 11.5. The maximum Gasteiger partial charge on any atom is 0.225 e. The van der Waals surface area contributed by atoms with Gasteiger partial charge in [0.1, 0.15) is 11.4 Å². The summed E-state index contributed by atoms with van der Waals surface area (Å²) < 4.78 is 1.85. The van der Waals surface area contributed by atoms with E-state index in [2.05, 4.69) is 42.7 Å². The van der Waals surface area contributed by atoms with Crippen molar-refractivity contribution >= 4 is 17.0 Å². The summed E-state index contributed by atoms with van der Waals surface area (Å²) in [5, 5.41) is 19.0. The SMILES string of the molecule is CCCn1nncc1-c1nc(NCC)nc2[nH]ncc12. The molecule has 0 fully saturated rings. The van der Waals surface area contributed by atoms with Gasteiger partial charge in [-0.25, -0.2) is 9.67 Å². The summed E-state index contributed by atoms with van der Waals surface area (Å²) in [7, 11) is 0. The van der Waals surface area contributed by atoms with E-state index in [0.29, 0.717) is 11.6 Å². The number of rotatable bonds is 5. The van der Waals surface area contributed by atoms with Crippen LogP contribution in [0.3, 0.4) is 0 Å². The quantitative estimate of drug-likeness (QED) is 0.729. The number of nitrogens with one attached hydrogen (secondary N) is 2. The van der Waals surface area contributed by atoms with Crippen molar-refractivity contribution in [2.45, 2.75) is 26.8 Å². The molecule has 104 valence electrons. The number of aromatic nitrogens is 7. The van der Waals surface area contributed by atoms with Gasteiger partial charge in [0.05, 0.1) is 17.8 Å². The summed E-state index contributed by atoms with van der Waals surface area (Å²) in [4.78, 5) is 8.95. The van der Waals surface area contributed by atoms with Crippen LogP contribution in [0.25, 0.3) is 22.4 Å². The maximum atomic E-state index is 4.57. The van der Waals surface area contributed by atoms with Gasteiger partial charge < -0.3 is 5.32 Å². The Kier molecular flexibility index (Phi) is 3.28. The first-order valence-electron chi connectivity index (χ1n) is 6.67. The highest BCUT2D eigenvalue weighted by atomic mass is 15.4. The molecule has 3 heterocycles. The maximum absolute atomic E-state index is 4.57. The lowest BCUT2D eigenvalue weighted by molar-refractivity contribution is 0.583. The third kappa shape index (κ3) is 2.09.